The topological polar surface area (TPSA) is 74.8 Å². The van der Waals surface area contributed by atoms with Gasteiger partial charge in [0.1, 0.15) is 0 Å². The maximum Gasteiger partial charge on any atom is 0.258 e. The number of hydrogen-bond acceptors (Lipinski definition) is 4. The Morgan fingerprint density at radius 3 is 1.04 bits per heavy atom. The molecule has 2 heterocycles. The quantitative estimate of drug-likeness (QED) is 0.613. The van der Waals surface area contributed by atoms with Crippen molar-refractivity contribution in [3.63, 3.8) is 0 Å². The van der Waals surface area contributed by atoms with E-state index in [1.54, 1.807) is 24.3 Å². The first-order valence-electron chi connectivity index (χ1n) is 8.53. The van der Waals surface area contributed by atoms with E-state index in [-0.39, 0.29) is 23.6 Å². The average molecular weight is 370 g/mol. The lowest BCUT2D eigenvalue weighted by atomic mass is 10.1. The van der Waals surface area contributed by atoms with Crippen LogP contribution in [0.25, 0.3) is 12.2 Å². The first-order chi connectivity index (χ1) is 13.5. The zero-order valence-corrected chi connectivity index (χ0v) is 14.6. The molecule has 0 atom stereocenters. The summed E-state index contributed by atoms with van der Waals surface area (Å²) < 4.78 is 0. The first-order valence-corrected chi connectivity index (χ1v) is 8.53. The van der Waals surface area contributed by atoms with Crippen molar-refractivity contribution in [2.75, 3.05) is 9.80 Å². The van der Waals surface area contributed by atoms with Crippen molar-refractivity contribution in [2.24, 2.45) is 0 Å². The molecule has 0 aliphatic carbocycles. The lowest BCUT2D eigenvalue weighted by Crippen LogP contribution is -2.29. The molecule has 4 amide bonds. The summed E-state index contributed by atoms with van der Waals surface area (Å²) in [5.74, 6) is -1.39. The molecular formula is C22H14N2O4. The summed E-state index contributed by atoms with van der Waals surface area (Å²) in [6.07, 6.45) is 8.77. The molecule has 0 aromatic heterocycles. The third-order valence-electron chi connectivity index (χ3n) is 4.39. The van der Waals surface area contributed by atoms with Crippen LogP contribution in [0.15, 0.2) is 72.8 Å². The molecule has 6 heteroatoms. The number of hydrogen-bond donors (Lipinski definition) is 0. The number of carbonyl (C=O) groups excluding carboxylic acids is 4. The van der Waals surface area contributed by atoms with Crippen molar-refractivity contribution in [3.05, 3.63) is 84.0 Å². The van der Waals surface area contributed by atoms with E-state index in [0.29, 0.717) is 11.4 Å². The van der Waals surface area contributed by atoms with Gasteiger partial charge in [0.25, 0.3) is 23.6 Å². The zero-order chi connectivity index (χ0) is 19.7. The summed E-state index contributed by atoms with van der Waals surface area (Å²) in [7, 11) is 0. The van der Waals surface area contributed by atoms with E-state index in [4.69, 9.17) is 0 Å². The van der Waals surface area contributed by atoms with Crippen molar-refractivity contribution >= 4 is 47.2 Å². The first kappa shape index (κ1) is 17.4. The summed E-state index contributed by atoms with van der Waals surface area (Å²) >= 11 is 0. The summed E-state index contributed by atoms with van der Waals surface area (Å²) in [6.45, 7) is 0. The van der Waals surface area contributed by atoms with Gasteiger partial charge in [0.05, 0.1) is 11.4 Å². The number of imide groups is 2. The van der Waals surface area contributed by atoms with Crippen molar-refractivity contribution in [3.8, 4) is 0 Å². The second kappa shape index (κ2) is 6.92. The number of carbonyl (C=O) groups is 4. The van der Waals surface area contributed by atoms with Crippen LogP contribution in [0.1, 0.15) is 11.1 Å². The minimum atomic E-state index is -0.349. The van der Waals surface area contributed by atoms with E-state index in [9.17, 15) is 19.2 Å². The van der Waals surface area contributed by atoms with Gasteiger partial charge in [-0.15, -0.1) is 0 Å². The molecule has 136 valence electrons. The third kappa shape index (κ3) is 3.19. The van der Waals surface area contributed by atoms with E-state index in [2.05, 4.69) is 0 Å². The van der Waals surface area contributed by atoms with Gasteiger partial charge >= 0.3 is 0 Å². The highest BCUT2D eigenvalue weighted by Gasteiger charge is 2.25. The monoisotopic (exact) mass is 370 g/mol. The van der Waals surface area contributed by atoms with Crippen LogP contribution in [0.2, 0.25) is 0 Å². The molecule has 2 aliphatic rings. The maximum atomic E-state index is 11.7. The fourth-order valence-corrected chi connectivity index (χ4v) is 2.97. The van der Waals surface area contributed by atoms with Gasteiger partial charge in [-0.1, -0.05) is 36.4 Å². The van der Waals surface area contributed by atoms with Crippen molar-refractivity contribution < 1.29 is 19.2 Å². The van der Waals surface area contributed by atoms with Crippen molar-refractivity contribution in [1.82, 2.24) is 0 Å². The van der Waals surface area contributed by atoms with Crippen LogP contribution in [0.4, 0.5) is 11.4 Å². The highest BCUT2D eigenvalue weighted by atomic mass is 16.2. The fourth-order valence-electron chi connectivity index (χ4n) is 2.97. The Morgan fingerprint density at radius 2 is 0.750 bits per heavy atom. The van der Waals surface area contributed by atoms with Gasteiger partial charge in [-0.05, 0) is 35.4 Å². The molecule has 0 radical (unpaired) electrons. The standard InChI is InChI=1S/C22H14N2O4/c25-19-11-12-20(26)23(19)17-7-3-15(4-8-17)1-2-16-5-9-18(10-6-16)24-21(27)13-14-22(24)28/h1-14H. The molecular weight excluding hydrogens is 356 g/mol. The SMILES string of the molecule is O=C1C=CC(=O)N1c1ccc(C=Cc2ccc(N3C(=O)C=CC3=O)cc2)cc1. The number of benzene rings is 2. The number of rotatable bonds is 4. The van der Waals surface area contributed by atoms with Gasteiger partial charge in [0, 0.05) is 24.3 Å². The highest BCUT2D eigenvalue weighted by molar-refractivity contribution is 6.28. The Kier molecular flexibility index (Phi) is 4.29. The molecule has 2 aromatic rings. The molecule has 28 heavy (non-hydrogen) atoms. The van der Waals surface area contributed by atoms with Gasteiger partial charge in [-0.2, -0.15) is 0 Å². The van der Waals surface area contributed by atoms with Gasteiger partial charge in [-0.25, -0.2) is 9.80 Å². The Balaban J connectivity index is 1.46. The fraction of sp³-hybridized carbons (Fsp3) is 0. The minimum Gasteiger partial charge on any atom is -0.269 e. The van der Waals surface area contributed by atoms with Crippen LogP contribution >= 0.6 is 0 Å². The van der Waals surface area contributed by atoms with Gasteiger partial charge in [0.2, 0.25) is 0 Å². The molecule has 0 saturated carbocycles. The van der Waals surface area contributed by atoms with Crippen LogP contribution in [0, 0.1) is 0 Å². The molecule has 0 spiro atoms. The van der Waals surface area contributed by atoms with Gasteiger partial charge in [-0.3, -0.25) is 19.2 Å². The summed E-state index contributed by atoms with van der Waals surface area (Å²) in [5, 5.41) is 0. The normalized spacial score (nSPS) is 16.3. The average Bonchev–Trinajstić information content (AvgIpc) is 3.22. The Labute approximate surface area is 160 Å². The second-order valence-corrected chi connectivity index (χ2v) is 6.21. The van der Waals surface area contributed by atoms with Crippen LogP contribution in [-0.4, -0.2) is 23.6 Å². The van der Waals surface area contributed by atoms with E-state index >= 15 is 0 Å². The Hall–Kier alpha value is -4.06. The third-order valence-corrected chi connectivity index (χ3v) is 4.39. The lowest BCUT2D eigenvalue weighted by molar-refractivity contribution is -0.121. The van der Waals surface area contributed by atoms with Gasteiger partial charge in [0.15, 0.2) is 0 Å². The predicted octanol–water partition coefficient (Wildman–Crippen LogP) is 2.72. The molecule has 0 N–H and O–H groups in total. The predicted molar refractivity (Wildman–Crippen MR) is 105 cm³/mol. The summed E-state index contributed by atoms with van der Waals surface area (Å²) in [6, 6.07) is 14.1. The van der Waals surface area contributed by atoms with E-state index in [1.807, 2.05) is 36.4 Å². The molecule has 6 nitrogen and oxygen atoms in total. The van der Waals surface area contributed by atoms with E-state index < -0.39 is 0 Å². The van der Waals surface area contributed by atoms with E-state index in [1.165, 1.54) is 24.3 Å². The second-order valence-electron chi connectivity index (χ2n) is 6.21. The molecule has 2 aromatic carbocycles. The Bertz CT molecular complexity index is 953. The van der Waals surface area contributed by atoms with Crippen molar-refractivity contribution in [1.29, 1.82) is 0 Å². The summed E-state index contributed by atoms with van der Waals surface area (Å²) in [4.78, 5) is 49.0. The molecule has 0 fully saturated rings. The van der Waals surface area contributed by atoms with Crippen LogP contribution in [0.3, 0.4) is 0 Å². The van der Waals surface area contributed by atoms with E-state index in [0.717, 1.165) is 20.9 Å². The van der Waals surface area contributed by atoms with Crippen LogP contribution in [-0.2, 0) is 19.2 Å². The minimum absolute atomic E-state index is 0.349. The highest BCUT2D eigenvalue weighted by Crippen LogP contribution is 2.22. The molecule has 2 aliphatic heterocycles. The maximum absolute atomic E-state index is 11.7. The molecule has 0 bridgehead atoms. The molecule has 0 saturated heterocycles. The largest absolute Gasteiger partial charge is 0.269 e. The number of amides is 4. The summed E-state index contributed by atoms with van der Waals surface area (Å²) in [5.41, 5.74) is 2.84. The van der Waals surface area contributed by atoms with Gasteiger partial charge < -0.3 is 0 Å². The molecule has 0 unspecified atom stereocenters. The number of nitrogens with zero attached hydrogens (tertiary/aromatic N) is 2. The number of anilines is 2. The Morgan fingerprint density at radius 1 is 0.464 bits per heavy atom. The lowest BCUT2D eigenvalue weighted by Gasteiger charge is -2.14. The van der Waals surface area contributed by atoms with Crippen molar-refractivity contribution in [2.45, 2.75) is 0 Å². The molecule has 4 rings (SSSR count). The van der Waals surface area contributed by atoms with Crippen LogP contribution < -0.4 is 9.80 Å². The van der Waals surface area contributed by atoms with Crippen LogP contribution in [0.5, 0.6) is 0 Å². The zero-order valence-electron chi connectivity index (χ0n) is 14.6. The smallest absolute Gasteiger partial charge is 0.258 e.